The highest BCUT2D eigenvalue weighted by Gasteiger charge is 2.05. The first-order valence-corrected chi connectivity index (χ1v) is 6.68. The number of hydrogen-bond acceptors (Lipinski definition) is 3. The average Bonchev–Trinajstić information content (AvgIpc) is 2.75. The summed E-state index contributed by atoms with van der Waals surface area (Å²) < 4.78 is 1.96. The van der Waals surface area contributed by atoms with E-state index in [2.05, 4.69) is 16.5 Å². The van der Waals surface area contributed by atoms with Gasteiger partial charge in [-0.1, -0.05) is 12.1 Å². The van der Waals surface area contributed by atoms with Crippen LogP contribution in [0, 0.1) is 13.8 Å². The van der Waals surface area contributed by atoms with Crippen LogP contribution in [0.15, 0.2) is 30.3 Å². The van der Waals surface area contributed by atoms with E-state index < -0.39 is 0 Å². The van der Waals surface area contributed by atoms with Gasteiger partial charge in [-0.25, -0.2) is 0 Å². The van der Waals surface area contributed by atoms with E-state index in [0.29, 0.717) is 25.2 Å². The van der Waals surface area contributed by atoms with Crippen LogP contribution in [-0.2, 0) is 6.54 Å². The molecule has 0 radical (unpaired) electrons. The maximum absolute atomic E-state index is 11.7. The molecule has 5 heteroatoms. The van der Waals surface area contributed by atoms with Crippen molar-refractivity contribution in [3.8, 4) is 0 Å². The van der Waals surface area contributed by atoms with Gasteiger partial charge < -0.3 is 11.1 Å². The van der Waals surface area contributed by atoms with Crippen LogP contribution in [-0.4, -0.2) is 28.8 Å². The summed E-state index contributed by atoms with van der Waals surface area (Å²) >= 11 is 0. The fourth-order valence-electron chi connectivity index (χ4n) is 2.06. The van der Waals surface area contributed by atoms with Gasteiger partial charge in [0.2, 0.25) is 0 Å². The predicted molar refractivity (Wildman–Crippen MR) is 78.6 cm³/mol. The van der Waals surface area contributed by atoms with E-state index >= 15 is 0 Å². The van der Waals surface area contributed by atoms with E-state index in [0.717, 1.165) is 17.0 Å². The molecule has 106 valence electrons. The van der Waals surface area contributed by atoms with Crippen LogP contribution in [0.25, 0.3) is 0 Å². The molecule has 2 rings (SSSR count). The van der Waals surface area contributed by atoms with Crippen molar-refractivity contribution in [1.82, 2.24) is 15.1 Å². The number of aromatic nitrogens is 2. The molecule has 1 aromatic carbocycles. The Bertz CT molecular complexity index is 586. The van der Waals surface area contributed by atoms with Gasteiger partial charge in [-0.3, -0.25) is 9.48 Å². The zero-order chi connectivity index (χ0) is 14.5. The van der Waals surface area contributed by atoms with Crippen molar-refractivity contribution in [2.75, 3.05) is 13.1 Å². The van der Waals surface area contributed by atoms with Crippen LogP contribution < -0.4 is 11.1 Å². The maximum Gasteiger partial charge on any atom is 0.251 e. The molecule has 3 N–H and O–H groups in total. The zero-order valence-electron chi connectivity index (χ0n) is 11.9. The monoisotopic (exact) mass is 272 g/mol. The molecule has 1 aromatic heterocycles. The summed E-state index contributed by atoms with van der Waals surface area (Å²) in [5.41, 5.74) is 9.27. The second-order valence-corrected chi connectivity index (χ2v) is 4.83. The number of nitrogens with two attached hydrogens (primary N) is 1. The molecule has 0 aliphatic rings. The zero-order valence-corrected chi connectivity index (χ0v) is 11.9. The summed E-state index contributed by atoms with van der Waals surface area (Å²) in [7, 11) is 0. The van der Waals surface area contributed by atoms with Crippen molar-refractivity contribution < 1.29 is 4.79 Å². The van der Waals surface area contributed by atoms with Gasteiger partial charge in [0.15, 0.2) is 0 Å². The smallest absolute Gasteiger partial charge is 0.251 e. The minimum Gasteiger partial charge on any atom is -0.351 e. The number of hydrogen-bond donors (Lipinski definition) is 2. The van der Waals surface area contributed by atoms with E-state index in [1.54, 1.807) is 0 Å². The van der Waals surface area contributed by atoms with Crippen molar-refractivity contribution in [3.63, 3.8) is 0 Å². The fourth-order valence-corrected chi connectivity index (χ4v) is 2.06. The summed E-state index contributed by atoms with van der Waals surface area (Å²) in [4.78, 5) is 11.7. The predicted octanol–water partition coefficient (Wildman–Crippen LogP) is 1.24. The molecule has 0 fully saturated rings. The van der Waals surface area contributed by atoms with E-state index in [1.165, 1.54) is 0 Å². The number of nitrogens with one attached hydrogen (secondary N) is 1. The Morgan fingerprint density at radius 1 is 1.30 bits per heavy atom. The molecule has 20 heavy (non-hydrogen) atoms. The van der Waals surface area contributed by atoms with Gasteiger partial charge in [-0.2, -0.15) is 5.10 Å². The molecule has 0 aliphatic heterocycles. The Kier molecular flexibility index (Phi) is 4.53. The van der Waals surface area contributed by atoms with Crippen molar-refractivity contribution in [1.29, 1.82) is 0 Å². The summed E-state index contributed by atoms with van der Waals surface area (Å²) in [6.07, 6.45) is 0. The molecule has 0 saturated carbocycles. The van der Waals surface area contributed by atoms with E-state index in [9.17, 15) is 4.79 Å². The third kappa shape index (κ3) is 3.45. The van der Waals surface area contributed by atoms with Crippen molar-refractivity contribution in [2.45, 2.75) is 20.4 Å². The Balaban J connectivity index is 2.05. The normalized spacial score (nSPS) is 10.6. The molecule has 0 atom stereocenters. The first-order valence-electron chi connectivity index (χ1n) is 6.68. The Morgan fingerprint density at radius 2 is 2.00 bits per heavy atom. The molecule has 2 aromatic rings. The lowest BCUT2D eigenvalue weighted by molar-refractivity contribution is 0.0955. The second kappa shape index (κ2) is 6.34. The number of aryl methyl sites for hydroxylation is 2. The number of carbonyl (C=O) groups is 1. The van der Waals surface area contributed by atoms with E-state index in [4.69, 9.17) is 5.73 Å². The first kappa shape index (κ1) is 14.3. The molecule has 1 amide bonds. The van der Waals surface area contributed by atoms with Crippen molar-refractivity contribution >= 4 is 5.91 Å². The fraction of sp³-hybridized carbons (Fsp3) is 0.333. The van der Waals surface area contributed by atoms with Gasteiger partial charge in [0.05, 0.1) is 12.2 Å². The van der Waals surface area contributed by atoms with Crippen LogP contribution in [0.1, 0.15) is 27.3 Å². The summed E-state index contributed by atoms with van der Waals surface area (Å²) in [6.45, 7) is 5.67. The topological polar surface area (TPSA) is 72.9 Å². The molecular formula is C15H20N4O. The number of rotatable bonds is 5. The Morgan fingerprint density at radius 3 is 2.55 bits per heavy atom. The van der Waals surface area contributed by atoms with Gasteiger partial charge in [0.1, 0.15) is 0 Å². The lowest BCUT2D eigenvalue weighted by atomic mass is 10.1. The van der Waals surface area contributed by atoms with E-state index in [-0.39, 0.29) is 5.91 Å². The van der Waals surface area contributed by atoms with Crippen LogP contribution in [0.2, 0.25) is 0 Å². The molecular weight excluding hydrogens is 252 g/mol. The van der Waals surface area contributed by atoms with Gasteiger partial charge in [-0.15, -0.1) is 0 Å². The number of benzene rings is 1. The number of nitrogens with zero attached hydrogens (tertiary/aromatic N) is 2. The molecule has 0 bridgehead atoms. The standard InChI is InChI=1S/C15H20N4O/c1-11-9-12(2)19(18-11)10-13-3-5-14(6-4-13)15(20)17-8-7-16/h3-6,9H,7-8,10,16H2,1-2H3,(H,17,20). The van der Waals surface area contributed by atoms with Crippen LogP contribution in [0.5, 0.6) is 0 Å². The number of carbonyl (C=O) groups excluding carboxylic acids is 1. The molecule has 0 aliphatic carbocycles. The quantitative estimate of drug-likeness (QED) is 0.860. The Labute approximate surface area is 118 Å². The van der Waals surface area contributed by atoms with Crippen LogP contribution >= 0.6 is 0 Å². The minimum atomic E-state index is -0.0897. The average molecular weight is 272 g/mol. The molecule has 1 heterocycles. The highest BCUT2D eigenvalue weighted by molar-refractivity contribution is 5.94. The summed E-state index contributed by atoms with van der Waals surface area (Å²) in [5, 5.41) is 7.18. The van der Waals surface area contributed by atoms with Crippen molar-refractivity contribution in [2.24, 2.45) is 5.73 Å². The molecule has 0 unspecified atom stereocenters. The molecule has 0 spiro atoms. The van der Waals surface area contributed by atoms with Gasteiger partial charge in [-0.05, 0) is 37.6 Å². The maximum atomic E-state index is 11.7. The molecule has 0 saturated heterocycles. The van der Waals surface area contributed by atoms with Gasteiger partial charge in [0.25, 0.3) is 5.91 Å². The Hall–Kier alpha value is -2.14. The minimum absolute atomic E-state index is 0.0897. The van der Waals surface area contributed by atoms with Gasteiger partial charge >= 0.3 is 0 Å². The first-order chi connectivity index (χ1) is 9.60. The SMILES string of the molecule is Cc1cc(C)n(Cc2ccc(C(=O)NCCN)cc2)n1. The second-order valence-electron chi connectivity index (χ2n) is 4.83. The van der Waals surface area contributed by atoms with Crippen LogP contribution in [0.3, 0.4) is 0 Å². The van der Waals surface area contributed by atoms with E-state index in [1.807, 2.05) is 42.8 Å². The van der Waals surface area contributed by atoms with Crippen LogP contribution in [0.4, 0.5) is 0 Å². The summed E-state index contributed by atoms with van der Waals surface area (Å²) in [5.74, 6) is -0.0897. The largest absolute Gasteiger partial charge is 0.351 e. The lowest BCUT2D eigenvalue weighted by Crippen LogP contribution is -2.28. The molecule has 5 nitrogen and oxygen atoms in total. The highest BCUT2D eigenvalue weighted by atomic mass is 16.1. The lowest BCUT2D eigenvalue weighted by Gasteiger charge is -2.07. The highest BCUT2D eigenvalue weighted by Crippen LogP contribution is 2.09. The van der Waals surface area contributed by atoms with Crippen molar-refractivity contribution in [3.05, 3.63) is 52.8 Å². The summed E-state index contributed by atoms with van der Waals surface area (Å²) in [6, 6.07) is 9.61. The third-order valence-electron chi connectivity index (χ3n) is 3.08. The van der Waals surface area contributed by atoms with Gasteiger partial charge in [0, 0.05) is 24.3 Å². The third-order valence-corrected chi connectivity index (χ3v) is 3.08. The number of amides is 1.